The van der Waals surface area contributed by atoms with Crippen LogP contribution >= 0.6 is 0 Å². The Morgan fingerprint density at radius 3 is 2.62 bits per heavy atom. The van der Waals surface area contributed by atoms with Crippen molar-refractivity contribution in [1.29, 1.82) is 0 Å². The smallest absolute Gasteiger partial charge is 0.263 e. The van der Waals surface area contributed by atoms with Crippen LogP contribution in [-0.2, 0) is 4.79 Å². The van der Waals surface area contributed by atoms with E-state index in [9.17, 15) is 4.79 Å². The molecule has 2 aromatic rings. The van der Waals surface area contributed by atoms with Crippen molar-refractivity contribution in [3.05, 3.63) is 36.7 Å². The number of hydrogen-bond donors (Lipinski definition) is 1. The number of nitrogens with one attached hydrogen (secondary N) is 1. The number of methoxy groups -OCH3 is 1. The number of carbonyl (C=O) groups excluding carboxylic acids is 1. The van der Waals surface area contributed by atoms with E-state index in [1.165, 1.54) is 6.33 Å². The maximum atomic E-state index is 12.2. The molecule has 0 spiro atoms. The van der Waals surface area contributed by atoms with Crippen molar-refractivity contribution in [2.75, 3.05) is 57.2 Å². The highest BCUT2D eigenvalue weighted by Crippen LogP contribution is 2.25. The average Bonchev–Trinajstić information content (AvgIpc) is 2.67. The highest BCUT2D eigenvalue weighted by atomic mass is 16.5. The van der Waals surface area contributed by atoms with E-state index in [2.05, 4.69) is 32.1 Å². The van der Waals surface area contributed by atoms with E-state index in [4.69, 9.17) is 9.47 Å². The average molecular weight is 357 g/mol. The minimum absolute atomic E-state index is 0.131. The molecule has 1 aromatic carbocycles. The van der Waals surface area contributed by atoms with E-state index in [1.807, 2.05) is 12.1 Å². The molecular formula is C18H23N5O3. The van der Waals surface area contributed by atoms with Crippen molar-refractivity contribution in [2.24, 2.45) is 0 Å². The summed E-state index contributed by atoms with van der Waals surface area (Å²) in [7, 11) is 3.66. The maximum Gasteiger partial charge on any atom is 0.263 e. The van der Waals surface area contributed by atoms with E-state index in [0.717, 1.165) is 32.0 Å². The van der Waals surface area contributed by atoms with Crippen molar-refractivity contribution in [2.45, 2.75) is 0 Å². The van der Waals surface area contributed by atoms with Crippen LogP contribution in [-0.4, -0.2) is 67.7 Å². The van der Waals surface area contributed by atoms with Gasteiger partial charge < -0.3 is 24.6 Å². The van der Waals surface area contributed by atoms with Gasteiger partial charge in [0.25, 0.3) is 5.91 Å². The molecule has 3 rings (SSSR count). The van der Waals surface area contributed by atoms with Gasteiger partial charge in [-0.3, -0.25) is 4.79 Å². The van der Waals surface area contributed by atoms with Gasteiger partial charge in [-0.15, -0.1) is 0 Å². The van der Waals surface area contributed by atoms with Gasteiger partial charge in [-0.2, -0.15) is 0 Å². The molecule has 0 unspecified atom stereocenters. The summed E-state index contributed by atoms with van der Waals surface area (Å²) >= 11 is 0. The van der Waals surface area contributed by atoms with Gasteiger partial charge in [-0.05, 0) is 19.2 Å². The molecule has 0 aliphatic carbocycles. The quantitative estimate of drug-likeness (QED) is 0.833. The molecule has 26 heavy (non-hydrogen) atoms. The Bertz CT molecular complexity index is 747. The van der Waals surface area contributed by atoms with Crippen LogP contribution in [0.25, 0.3) is 0 Å². The molecule has 1 aliphatic heterocycles. The Labute approximate surface area is 152 Å². The lowest BCUT2D eigenvalue weighted by atomic mass is 10.3. The lowest BCUT2D eigenvalue weighted by Gasteiger charge is -2.33. The van der Waals surface area contributed by atoms with Gasteiger partial charge in [-0.25, -0.2) is 9.97 Å². The van der Waals surface area contributed by atoms with Crippen LogP contribution in [0.4, 0.5) is 11.6 Å². The predicted octanol–water partition coefficient (Wildman–Crippen LogP) is 1.25. The zero-order chi connectivity index (χ0) is 18.4. The van der Waals surface area contributed by atoms with Crippen LogP contribution < -0.4 is 19.7 Å². The first-order valence-electron chi connectivity index (χ1n) is 8.47. The zero-order valence-corrected chi connectivity index (χ0v) is 15.0. The van der Waals surface area contributed by atoms with Crippen LogP contribution in [0.15, 0.2) is 36.7 Å². The Hall–Kier alpha value is -2.87. The molecule has 0 saturated carbocycles. The van der Waals surface area contributed by atoms with Gasteiger partial charge in [0.2, 0.25) is 0 Å². The first-order chi connectivity index (χ1) is 12.7. The Morgan fingerprint density at radius 2 is 1.88 bits per heavy atom. The minimum atomic E-state index is -0.293. The first kappa shape index (κ1) is 17.9. The maximum absolute atomic E-state index is 12.2. The monoisotopic (exact) mass is 357 g/mol. The number of piperazine rings is 1. The summed E-state index contributed by atoms with van der Waals surface area (Å²) in [5, 5.41) is 2.74. The molecule has 1 aliphatic rings. The van der Waals surface area contributed by atoms with Crippen LogP contribution in [0.5, 0.6) is 11.5 Å². The fourth-order valence-corrected chi connectivity index (χ4v) is 2.68. The van der Waals surface area contributed by atoms with Gasteiger partial charge in [-0.1, -0.05) is 12.1 Å². The van der Waals surface area contributed by atoms with Crippen LogP contribution in [0.3, 0.4) is 0 Å². The van der Waals surface area contributed by atoms with Crippen LogP contribution in [0.1, 0.15) is 0 Å². The van der Waals surface area contributed by atoms with Crippen molar-refractivity contribution < 1.29 is 14.3 Å². The van der Waals surface area contributed by atoms with Crippen molar-refractivity contribution in [3.63, 3.8) is 0 Å². The number of carbonyl (C=O) groups is 1. The number of para-hydroxylation sites is 2. The Balaban J connectivity index is 1.56. The normalized spacial score (nSPS) is 14.8. The lowest BCUT2D eigenvalue weighted by molar-refractivity contribution is -0.118. The first-order valence-corrected chi connectivity index (χ1v) is 8.47. The van der Waals surface area contributed by atoms with E-state index in [-0.39, 0.29) is 12.5 Å². The highest BCUT2D eigenvalue weighted by molar-refractivity contribution is 5.91. The SMILES string of the molecule is COc1ccccc1OCC(=O)Nc1cc(N2CCN(C)CC2)ncn1. The summed E-state index contributed by atoms with van der Waals surface area (Å²) in [5.74, 6) is 2.08. The van der Waals surface area contributed by atoms with Crippen LogP contribution in [0, 0.1) is 0 Å². The number of aromatic nitrogens is 2. The zero-order valence-electron chi connectivity index (χ0n) is 15.0. The molecule has 0 bridgehead atoms. The fraction of sp³-hybridized carbons (Fsp3) is 0.389. The number of nitrogens with zero attached hydrogens (tertiary/aromatic N) is 4. The summed E-state index contributed by atoms with van der Waals surface area (Å²) in [6.07, 6.45) is 1.46. The van der Waals surface area contributed by atoms with Gasteiger partial charge in [0.05, 0.1) is 7.11 Å². The molecular weight excluding hydrogens is 334 g/mol. The topological polar surface area (TPSA) is 79.8 Å². The molecule has 8 nitrogen and oxygen atoms in total. The molecule has 0 radical (unpaired) electrons. The summed E-state index contributed by atoms with van der Waals surface area (Å²) in [6.45, 7) is 3.64. The molecule has 0 atom stereocenters. The van der Waals surface area contributed by atoms with E-state index in [0.29, 0.717) is 17.3 Å². The van der Waals surface area contributed by atoms with Gasteiger partial charge in [0, 0.05) is 32.2 Å². The second-order valence-corrected chi connectivity index (χ2v) is 6.04. The van der Waals surface area contributed by atoms with Crippen molar-refractivity contribution in [3.8, 4) is 11.5 Å². The molecule has 1 fully saturated rings. The number of ether oxygens (including phenoxy) is 2. The third kappa shape index (κ3) is 4.60. The Morgan fingerprint density at radius 1 is 1.15 bits per heavy atom. The summed E-state index contributed by atoms with van der Waals surface area (Å²) in [6, 6.07) is 8.98. The summed E-state index contributed by atoms with van der Waals surface area (Å²) < 4.78 is 10.7. The second-order valence-electron chi connectivity index (χ2n) is 6.04. The molecule has 8 heteroatoms. The largest absolute Gasteiger partial charge is 0.493 e. The Kier molecular flexibility index (Phi) is 5.85. The molecule has 138 valence electrons. The second kappa shape index (κ2) is 8.48. The van der Waals surface area contributed by atoms with Gasteiger partial charge >= 0.3 is 0 Å². The van der Waals surface area contributed by atoms with Gasteiger partial charge in [0.1, 0.15) is 18.0 Å². The summed E-state index contributed by atoms with van der Waals surface area (Å²) in [4.78, 5) is 25.0. The lowest BCUT2D eigenvalue weighted by Crippen LogP contribution is -2.44. The number of anilines is 2. The predicted molar refractivity (Wildman–Crippen MR) is 98.9 cm³/mol. The molecule has 1 amide bonds. The van der Waals surface area contributed by atoms with E-state index in [1.54, 1.807) is 25.3 Å². The van der Waals surface area contributed by atoms with Crippen molar-refractivity contribution >= 4 is 17.5 Å². The number of hydrogen-bond acceptors (Lipinski definition) is 7. The fourth-order valence-electron chi connectivity index (χ4n) is 2.68. The standard InChI is InChI=1S/C18H23N5O3/c1-22-7-9-23(10-8-22)17-11-16(19-13-20-17)21-18(24)12-26-15-6-4-3-5-14(15)25-2/h3-6,11,13H,7-10,12H2,1-2H3,(H,19,20,21,24). The molecule has 2 heterocycles. The van der Waals surface area contributed by atoms with Crippen LogP contribution in [0.2, 0.25) is 0 Å². The number of likely N-dealkylation sites (N-methyl/N-ethyl adjacent to an activating group) is 1. The van der Waals surface area contributed by atoms with Crippen molar-refractivity contribution in [1.82, 2.24) is 14.9 Å². The van der Waals surface area contributed by atoms with E-state index < -0.39 is 0 Å². The minimum Gasteiger partial charge on any atom is -0.493 e. The number of benzene rings is 1. The number of rotatable bonds is 6. The number of amides is 1. The molecule has 1 aromatic heterocycles. The third-order valence-corrected chi connectivity index (χ3v) is 4.18. The third-order valence-electron chi connectivity index (χ3n) is 4.18. The van der Waals surface area contributed by atoms with E-state index >= 15 is 0 Å². The molecule has 1 saturated heterocycles. The van der Waals surface area contributed by atoms with Gasteiger partial charge in [0.15, 0.2) is 18.1 Å². The highest BCUT2D eigenvalue weighted by Gasteiger charge is 2.16. The summed E-state index contributed by atoms with van der Waals surface area (Å²) in [5.41, 5.74) is 0. The molecule has 1 N–H and O–H groups in total.